The van der Waals surface area contributed by atoms with E-state index >= 15 is 0 Å². The fourth-order valence-electron chi connectivity index (χ4n) is 3.95. The van der Waals surface area contributed by atoms with Crippen molar-refractivity contribution in [2.45, 2.75) is 51.0 Å². The molecule has 10 nitrogen and oxygen atoms in total. The lowest BCUT2D eigenvalue weighted by atomic mass is 10.0. The number of amides is 2. The molecule has 36 heavy (non-hydrogen) atoms. The van der Waals surface area contributed by atoms with Gasteiger partial charge in [-0.3, -0.25) is 9.59 Å². The maximum atomic E-state index is 13.3. The Hall–Kier alpha value is -2.41. The molecule has 2 aromatic rings. The number of hydrogen-bond donors (Lipinski definition) is 3. The Labute approximate surface area is 220 Å². The van der Waals surface area contributed by atoms with Crippen LogP contribution in [0.25, 0.3) is 0 Å². The SMILES string of the molecule is CCOC(=O)c1sc(N2CCC(NC(=O)c3[nH]c(C)c(Cl)c3Cl)C(OC)C2)nc1C(=O)N[C@@H]1C[C@@H]1F. The number of nitrogens with one attached hydrogen (secondary N) is 3. The number of halogens is 3. The summed E-state index contributed by atoms with van der Waals surface area (Å²) in [7, 11) is 1.53. The minimum atomic E-state index is -1.09. The Morgan fingerprint density at radius 1 is 1.22 bits per heavy atom. The summed E-state index contributed by atoms with van der Waals surface area (Å²) in [5.74, 6) is -1.69. The molecule has 2 fully saturated rings. The van der Waals surface area contributed by atoms with Gasteiger partial charge in [0.2, 0.25) is 0 Å². The van der Waals surface area contributed by atoms with Gasteiger partial charge < -0.3 is 30.0 Å². The van der Waals surface area contributed by atoms with Gasteiger partial charge in [-0.1, -0.05) is 34.5 Å². The predicted molar refractivity (Wildman–Crippen MR) is 133 cm³/mol. The number of carbonyl (C=O) groups excluding carboxylic acids is 3. The molecule has 1 aliphatic heterocycles. The zero-order valence-electron chi connectivity index (χ0n) is 19.8. The summed E-state index contributed by atoms with van der Waals surface area (Å²) in [5, 5.41) is 6.37. The van der Waals surface area contributed by atoms with E-state index in [1.807, 2.05) is 4.90 Å². The average molecular weight is 562 g/mol. The Bertz CT molecular complexity index is 1170. The first kappa shape index (κ1) is 26.6. The number of anilines is 1. The molecular formula is C22H26Cl2FN5O5S. The van der Waals surface area contributed by atoms with Crippen LogP contribution in [0.3, 0.4) is 0 Å². The molecule has 1 saturated heterocycles. The van der Waals surface area contributed by atoms with Crippen LogP contribution in [0.5, 0.6) is 0 Å². The normalized spacial score (nSPS) is 23.3. The molecule has 4 atom stereocenters. The standard InChI is InChI=1S/C22H26Cl2FN5O5S/c1-4-35-21(33)18-17(20(32)28-12-7-10(12)25)29-22(36-18)30-6-5-11(13(8-30)34-3)27-19(31)16-15(24)14(23)9(2)26-16/h10-13,26H,4-8H2,1-3H3,(H,27,31)(H,28,32)/t10-,11?,12+,13?/m0/s1. The van der Waals surface area contributed by atoms with Crippen LogP contribution < -0.4 is 15.5 Å². The quantitative estimate of drug-likeness (QED) is 0.422. The third-order valence-corrected chi connectivity index (χ3v) is 8.09. The second-order valence-corrected chi connectivity index (χ2v) is 10.3. The number of rotatable bonds is 8. The molecular weight excluding hydrogens is 536 g/mol. The highest BCUT2D eigenvalue weighted by atomic mass is 35.5. The van der Waals surface area contributed by atoms with Crippen molar-refractivity contribution in [1.29, 1.82) is 0 Å². The van der Waals surface area contributed by atoms with Crippen LogP contribution in [-0.2, 0) is 9.47 Å². The van der Waals surface area contributed by atoms with E-state index in [0.29, 0.717) is 35.4 Å². The molecule has 4 rings (SSSR count). The molecule has 196 valence electrons. The number of carbonyl (C=O) groups is 3. The lowest BCUT2D eigenvalue weighted by molar-refractivity contribution is 0.0527. The van der Waals surface area contributed by atoms with Gasteiger partial charge in [0.25, 0.3) is 11.8 Å². The fourth-order valence-corrected chi connectivity index (χ4v) is 5.35. The van der Waals surface area contributed by atoms with Gasteiger partial charge in [0.1, 0.15) is 16.7 Å². The molecule has 1 aliphatic carbocycles. The van der Waals surface area contributed by atoms with E-state index in [9.17, 15) is 18.8 Å². The number of ether oxygens (including phenoxy) is 2. The van der Waals surface area contributed by atoms with E-state index in [4.69, 9.17) is 32.7 Å². The van der Waals surface area contributed by atoms with Crippen LogP contribution in [0.4, 0.5) is 9.52 Å². The molecule has 3 N–H and O–H groups in total. The molecule has 0 radical (unpaired) electrons. The topological polar surface area (TPSA) is 126 Å². The van der Waals surface area contributed by atoms with E-state index in [0.717, 1.165) is 11.3 Å². The Balaban J connectivity index is 1.49. The van der Waals surface area contributed by atoms with E-state index in [-0.39, 0.29) is 40.4 Å². The number of aromatic amines is 1. The monoisotopic (exact) mass is 561 g/mol. The maximum Gasteiger partial charge on any atom is 0.350 e. The van der Waals surface area contributed by atoms with Crippen LogP contribution in [0.15, 0.2) is 0 Å². The van der Waals surface area contributed by atoms with Crippen LogP contribution in [0, 0.1) is 6.92 Å². The number of hydrogen-bond acceptors (Lipinski definition) is 8. The number of aryl methyl sites for hydroxylation is 1. The van der Waals surface area contributed by atoms with Crippen LogP contribution in [-0.4, -0.2) is 78.9 Å². The Morgan fingerprint density at radius 3 is 2.50 bits per heavy atom. The number of H-pyrrole nitrogens is 1. The summed E-state index contributed by atoms with van der Waals surface area (Å²) in [6, 6.07) is -0.900. The smallest absolute Gasteiger partial charge is 0.350 e. The fraction of sp³-hybridized carbons (Fsp3) is 0.545. The average Bonchev–Trinajstić information content (AvgIpc) is 3.26. The molecule has 0 spiro atoms. The summed E-state index contributed by atoms with van der Waals surface area (Å²) in [6.07, 6.45) is -0.766. The molecule has 2 aromatic heterocycles. The number of aromatic nitrogens is 2. The highest BCUT2D eigenvalue weighted by Gasteiger charge is 2.40. The van der Waals surface area contributed by atoms with Crippen molar-refractivity contribution in [3.8, 4) is 0 Å². The first-order chi connectivity index (χ1) is 17.1. The van der Waals surface area contributed by atoms with Gasteiger partial charge >= 0.3 is 5.97 Å². The van der Waals surface area contributed by atoms with Crippen molar-refractivity contribution in [2.24, 2.45) is 0 Å². The van der Waals surface area contributed by atoms with E-state index < -0.39 is 36.1 Å². The molecule has 2 aliphatic rings. The molecule has 0 bridgehead atoms. The summed E-state index contributed by atoms with van der Waals surface area (Å²) in [6.45, 7) is 4.32. The van der Waals surface area contributed by atoms with Crippen LogP contribution in [0.1, 0.15) is 56.1 Å². The number of piperidine rings is 1. The van der Waals surface area contributed by atoms with E-state index in [1.54, 1.807) is 13.8 Å². The summed E-state index contributed by atoms with van der Waals surface area (Å²) < 4.78 is 24.0. The molecule has 2 unspecified atom stereocenters. The van der Waals surface area contributed by atoms with Crippen molar-refractivity contribution < 1.29 is 28.2 Å². The van der Waals surface area contributed by atoms with Gasteiger partial charge in [-0.2, -0.15) is 0 Å². The third kappa shape index (κ3) is 5.46. The summed E-state index contributed by atoms with van der Waals surface area (Å²) in [5.41, 5.74) is 0.678. The number of methoxy groups -OCH3 is 1. The van der Waals surface area contributed by atoms with Crippen molar-refractivity contribution in [2.75, 3.05) is 31.7 Å². The van der Waals surface area contributed by atoms with Gasteiger partial charge in [0, 0.05) is 32.3 Å². The van der Waals surface area contributed by atoms with Crippen LogP contribution in [0.2, 0.25) is 10.0 Å². The van der Waals surface area contributed by atoms with Crippen molar-refractivity contribution in [1.82, 2.24) is 20.6 Å². The largest absolute Gasteiger partial charge is 0.462 e. The minimum absolute atomic E-state index is 0.0541. The van der Waals surface area contributed by atoms with Gasteiger partial charge in [0.15, 0.2) is 10.8 Å². The van der Waals surface area contributed by atoms with E-state index in [2.05, 4.69) is 20.6 Å². The number of nitrogens with zero attached hydrogens (tertiary/aromatic N) is 2. The second kappa shape index (κ2) is 10.9. The van der Waals surface area contributed by atoms with Gasteiger partial charge in [-0.25, -0.2) is 14.2 Å². The molecule has 0 aromatic carbocycles. The zero-order chi connectivity index (χ0) is 26.1. The maximum absolute atomic E-state index is 13.3. The van der Waals surface area contributed by atoms with Crippen molar-refractivity contribution >= 4 is 57.5 Å². The first-order valence-corrected chi connectivity index (χ1v) is 13.0. The van der Waals surface area contributed by atoms with Crippen molar-refractivity contribution in [3.63, 3.8) is 0 Å². The molecule has 3 heterocycles. The number of alkyl halides is 1. The molecule has 1 saturated carbocycles. The zero-order valence-corrected chi connectivity index (χ0v) is 22.2. The molecule has 14 heteroatoms. The molecule has 2 amide bonds. The highest BCUT2D eigenvalue weighted by molar-refractivity contribution is 7.17. The summed E-state index contributed by atoms with van der Waals surface area (Å²) >= 11 is 13.3. The predicted octanol–water partition coefficient (Wildman–Crippen LogP) is 3.13. The minimum Gasteiger partial charge on any atom is -0.462 e. The van der Waals surface area contributed by atoms with Gasteiger partial charge in [-0.05, 0) is 20.3 Å². The van der Waals surface area contributed by atoms with E-state index in [1.165, 1.54) is 7.11 Å². The second-order valence-electron chi connectivity index (χ2n) is 8.57. The lowest BCUT2D eigenvalue weighted by Gasteiger charge is -2.37. The Morgan fingerprint density at radius 2 is 1.92 bits per heavy atom. The van der Waals surface area contributed by atoms with Crippen molar-refractivity contribution in [3.05, 3.63) is 32.0 Å². The van der Waals surface area contributed by atoms with Gasteiger partial charge in [-0.15, -0.1) is 0 Å². The summed E-state index contributed by atoms with van der Waals surface area (Å²) in [4.78, 5) is 47.2. The third-order valence-electron chi connectivity index (χ3n) is 6.05. The highest BCUT2D eigenvalue weighted by Crippen LogP contribution is 2.32. The Kier molecular flexibility index (Phi) is 8.08. The van der Waals surface area contributed by atoms with Gasteiger partial charge in [0.05, 0.1) is 34.8 Å². The lowest BCUT2D eigenvalue weighted by Crippen LogP contribution is -2.55. The van der Waals surface area contributed by atoms with Crippen LogP contribution >= 0.6 is 34.5 Å². The number of esters is 1. The number of thiazole rings is 1. The first-order valence-electron chi connectivity index (χ1n) is 11.4.